The van der Waals surface area contributed by atoms with E-state index in [9.17, 15) is 14.9 Å². The second kappa shape index (κ2) is 8.10. The highest BCUT2D eigenvalue weighted by Crippen LogP contribution is 2.21. The van der Waals surface area contributed by atoms with Gasteiger partial charge in [-0.3, -0.25) is 14.9 Å². The average molecular weight is 354 g/mol. The molecule has 1 aliphatic rings. The summed E-state index contributed by atoms with van der Waals surface area (Å²) in [5.74, 6) is -0.114. The van der Waals surface area contributed by atoms with Crippen molar-refractivity contribution < 1.29 is 14.6 Å². The van der Waals surface area contributed by atoms with Crippen LogP contribution in [0.3, 0.4) is 0 Å². The molecule has 1 amide bonds. The van der Waals surface area contributed by atoms with Gasteiger partial charge in [0.2, 0.25) is 0 Å². The molecule has 0 spiro atoms. The molecule has 0 aliphatic carbocycles. The van der Waals surface area contributed by atoms with E-state index in [1.54, 1.807) is 6.07 Å². The molecule has 1 saturated heterocycles. The number of amides is 1. The normalized spacial score (nSPS) is 16.0. The molecule has 0 aromatic heterocycles. The molecule has 1 aliphatic heterocycles. The van der Waals surface area contributed by atoms with Crippen LogP contribution in [0, 0.1) is 17.0 Å². The molecule has 0 unspecified atom stereocenters. The van der Waals surface area contributed by atoms with Crippen molar-refractivity contribution in [3.8, 4) is 0 Å². The van der Waals surface area contributed by atoms with Gasteiger partial charge in [0.05, 0.1) is 18.0 Å². The number of carbonyl (C=O) groups excluding carboxylic acids is 1. The second-order valence-electron chi connectivity index (χ2n) is 6.81. The fourth-order valence-corrected chi connectivity index (χ4v) is 3.60. The van der Waals surface area contributed by atoms with Crippen molar-refractivity contribution in [2.75, 3.05) is 18.4 Å². The highest BCUT2D eigenvalue weighted by atomic mass is 16.6. The maximum Gasteiger partial charge on any atom is 0.287 e. The summed E-state index contributed by atoms with van der Waals surface area (Å²) < 4.78 is 0. The third-order valence-corrected chi connectivity index (χ3v) is 4.98. The van der Waals surface area contributed by atoms with E-state index in [2.05, 4.69) is 5.32 Å². The van der Waals surface area contributed by atoms with Crippen LogP contribution in [-0.2, 0) is 4.79 Å². The van der Waals surface area contributed by atoms with E-state index in [1.165, 1.54) is 23.5 Å². The lowest BCUT2D eigenvalue weighted by atomic mass is 10.00. The van der Waals surface area contributed by atoms with Crippen LogP contribution in [0.1, 0.15) is 36.4 Å². The molecule has 26 heavy (non-hydrogen) atoms. The van der Waals surface area contributed by atoms with E-state index in [0.717, 1.165) is 37.2 Å². The molecule has 6 heteroatoms. The average Bonchev–Trinajstić information content (AvgIpc) is 2.65. The van der Waals surface area contributed by atoms with Crippen LogP contribution in [0.25, 0.3) is 0 Å². The van der Waals surface area contributed by atoms with Crippen LogP contribution < -0.4 is 10.2 Å². The Bertz CT molecular complexity index is 800. The Morgan fingerprint density at radius 1 is 1.12 bits per heavy atom. The number of carbonyl (C=O) groups is 1. The molecule has 1 fully saturated rings. The first-order chi connectivity index (χ1) is 12.6. The summed E-state index contributed by atoms with van der Waals surface area (Å²) in [5, 5.41) is 14.2. The molecule has 1 atom stereocenters. The highest BCUT2D eigenvalue weighted by molar-refractivity contribution is 5.95. The van der Waals surface area contributed by atoms with E-state index >= 15 is 0 Å². The number of quaternary nitrogens is 1. The highest BCUT2D eigenvalue weighted by Gasteiger charge is 2.33. The summed E-state index contributed by atoms with van der Waals surface area (Å²) in [6, 6.07) is 13.7. The number of nitro groups is 1. The van der Waals surface area contributed by atoms with Crippen LogP contribution in [0.15, 0.2) is 48.5 Å². The Kier molecular flexibility index (Phi) is 5.63. The van der Waals surface area contributed by atoms with Gasteiger partial charge in [-0.1, -0.05) is 30.3 Å². The lowest BCUT2D eigenvalue weighted by molar-refractivity contribution is -0.926. The number of anilines is 1. The van der Waals surface area contributed by atoms with E-state index in [-0.39, 0.29) is 11.6 Å². The summed E-state index contributed by atoms with van der Waals surface area (Å²) in [5.41, 5.74) is 2.49. The van der Waals surface area contributed by atoms with Crippen molar-refractivity contribution in [1.29, 1.82) is 0 Å². The third-order valence-electron chi connectivity index (χ3n) is 4.98. The Labute approximate surface area is 153 Å². The van der Waals surface area contributed by atoms with Crippen molar-refractivity contribution >= 4 is 17.3 Å². The fraction of sp³-hybridized carbons (Fsp3) is 0.350. The van der Waals surface area contributed by atoms with E-state index < -0.39 is 11.0 Å². The second-order valence-corrected chi connectivity index (χ2v) is 6.81. The molecular weight excluding hydrogens is 330 g/mol. The van der Waals surface area contributed by atoms with Crippen LogP contribution in [-0.4, -0.2) is 23.9 Å². The maximum atomic E-state index is 13.1. The van der Waals surface area contributed by atoms with Gasteiger partial charge in [0, 0.05) is 23.4 Å². The van der Waals surface area contributed by atoms with Gasteiger partial charge >= 0.3 is 0 Å². The van der Waals surface area contributed by atoms with Gasteiger partial charge in [-0.25, -0.2) is 0 Å². The Morgan fingerprint density at radius 2 is 1.85 bits per heavy atom. The van der Waals surface area contributed by atoms with Gasteiger partial charge in [-0.05, 0) is 37.8 Å². The van der Waals surface area contributed by atoms with Crippen molar-refractivity contribution in [1.82, 2.24) is 0 Å². The van der Waals surface area contributed by atoms with Crippen LogP contribution in [0.4, 0.5) is 11.4 Å². The Morgan fingerprint density at radius 3 is 2.54 bits per heavy atom. The minimum atomic E-state index is -0.449. The number of rotatable bonds is 5. The molecule has 3 rings (SSSR count). The van der Waals surface area contributed by atoms with Crippen LogP contribution in [0.2, 0.25) is 0 Å². The largest absolute Gasteiger partial charge is 0.321 e. The zero-order valence-electron chi connectivity index (χ0n) is 14.9. The number of para-hydroxylation sites is 1. The number of nitrogens with zero attached hydrogens (tertiary/aromatic N) is 1. The number of aryl methyl sites for hydroxylation is 1. The van der Waals surface area contributed by atoms with E-state index in [4.69, 9.17) is 0 Å². The smallest absolute Gasteiger partial charge is 0.287 e. The first-order valence-corrected chi connectivity index (χ1v) is 9.01. The summed E-state index contributed by atoms with van der Waals surface area (Å²) in [4.78, 5) is 25.1. The van der Waals surface area contributed by atoms with Crippen molar-refractivity contribution in [3.05, 3.63) is 69.8 Å². The molecule has 2 aromatic carbocycles. The lowest BCUT2D eigenvalue weighted by Gasteiger charge is -2.31. The number of hydrogen-bond acceptors (Lipinski definition) is 3. The predicted molar refractivity (Wildman–Crippen MR) is 100 cm³/mol. The predicted octanol–water partition coefficient (Wildman–Crippen LogP) is 2.65. The van der Waals surface area contributed by atoms with Crippen molar-refractivity contribution in [2.45, 2.75) is 32.2 Å². The fourth-order valence-electron chi connectivity index (χ4n) is 3.60. The van der Waals surface area contributed by atoms with Gasteiger partial charge in [-0.2, -0.15) is 0 Å². The number of piperidine rings is 1. The summed E-state index contributed by atoms with van der Waals surface area (Å²) >= 11 is 0. The Balaban J connectivity index is 1.92. The summed E-state index contributed by atoms with van der Waals surface area (Å²) in [6.07, 6.45) is 3.31. The molecule has 0 saturated carbocycles. The molecule has 1 heterocycles. The monoisotopic (exact) mass is 354 g/mol. The van der Waals surface area contributed by atoms with Gasteiger partial charge in [-0.15, -0.1) is 0 Å². The minimum absolute atomic E-state index is 0.0209. The van der Waals surface area contributed by atoms with E-state index in [0.29, 0.717) is 5.56 Å². The maximum absolute atomic E-state index is 13.1. The first-order valence-electron chi connectivity index (χ1n) is 9.01. The van der Waals surface area contributed by atoms with Gasteiger partial charge < -0.3 is 10.2 Å². The number of hydrogen-bond donors (Lipinski definition) is 2. The SMILES string of the molecule is Cc1ccccc1NC(=O)[C@H](c1cccc([N+](=O)[O-])c1)[NH+]1CCCCC1. The molecule has 136 valence electrons. The number of non-ortho nitro benzene ring substituents is 1. The topological polar surface area (TPSA) is 76.7 Å². The van der Waals surface area contributed by atoms with Gasteiger partial charge in [0.25, 0.3) is 11.6 Å². The first kappa shape index (κ1) is 18.1. The number of nitrogens with one attached hydrogen (secondary N) is 2. The summed E-state index contributed by atoms with van der Waals surface area (Å²) in [7, 11) is 0. The third kappa shape index (κ3) is 4.08. The molecule has 2 N–H and O–H groups in total. The van der Waals surface area contributed by atoms with Crippen molar-refractivity contribution in [2.24, 2.45) is 0 Å². The standard InChI is InChI=1S/C20H23N3O3/c1-15-8-3-4-11-18(15)21-20(24)19(22-12-5-2-6-13-22)16-9-7-10-17(14-16)23(25)26/h3-4,7-11,14,19H,2,5-6,12-13H2,1H3,(H,21,24)/p+1/t19-/m0/s1. The quantitative estimate of drug-likeness (QED) is 0.640. The van der Waals surface area contributed by atoms with E-state index in [1.807, 2.05) is 37.3 Å². The minimum Gasteiger partial charge on any atom is -0.321 e. The molecule has 0 bridgehead atoms. The molecule has 6 nitrogen and oxygen atoms in total. The molecule has 2 aromatic rings. The van der Waals surface area contributed by atoms with Gasteiger partial charge in [0.1, 0.15) is 0 Å². The lowest BCUT2D eigenvalue weighted by Crippen LogP contribution is -3.14. The summed E-state index contributed by atoms with van der Waals surface area (Å²) in [6.45, 7) is 3.74. The number of benzene rings is 2. The van der Waals surface area contributed by atoms with Crippen molar-refractivity contribution in [3.63, 3.8) is 0 Å². The zero-order chi connectivity index (χ0) is 18.5. The van der Waals surface area contributed by atoms with Gasteiger partial charge in [0.15, 0.2) is 6.04 Å². The molecular formula is C20H24N3O3+. The van der Waals surface area contributed by atoms with Crippen LogP contribution >= 0.6 is 0 Å². The number of nitro benzene ring substituents is 1. The zero-order valence-corrected chi connectivity index (χ0v) is 14.9. The number of likely N-dealkylation sites (tertiary alicyclic amines) is 1. The Hall–Kier alpha value is -2.73. The molecule has 0 radical (unpaired) electrons. The van der Waals surface area contributed by atoms with Crippen LogP contribution in [0.5, 0.6) is 0 Å².